The van der Waals surface area contributed by atoms with Gasteiger partial charge in [0.15, 0.2) is 0 Å². The first kappa shape index (κ1) is 17.3. The molecule has 1 aliphatic heterocycles. The van der Waals surface area contributed by atoms with E-state index in [-0.39, 0.29) is 24.3 Å². The van der Waals surface area contributed by atoms with Crippen LogP contribution in [0.3, 0.4) is 0 Å². The van der Waals surface area contributed by atoms with Gasteiger partial charge in [-0.05, 0) is 38.7 Å². The molecule has 2 rings (SSSR count). The third kappa shape index (κ3) is 5.27. The van der Waals surface area contributed by atoms with E-state index in [2.05, 4.69) is 0 Å². The van der Waals surface area contributed by atoms with Crippen molar-refractivity contribution in [3.05, 3.63) is 29.8 Å². The minimum Gasteiger partial charge on any atom is -0.491 e. The standard InChI is InChI=1S/C18H25NO4/c1-13(2)23-16-6-4-3-5-15(16)12-17(20)19-9-7-14(8-10-19)11-18(21)22/h3-6,13-14H,7-12H2,1-2H3,(H,21,22). The number of rotatable bonds is 6. The van der Waals surface area contributed by atoms with E-state index in [1.807, 2.05) is 43.0 Å². The molecule has 1 saturated heterocycles. The molecule has 0 aliphatic carbocycles. The van der Waals surface area contributed by atoms with Crippen LogP contribution in [-0.2, 0) is 16.0 Å². The van der Waals surface area contributed by atoms with Gasteiger partial charge in [0.1, 0.15) is 5.75 Å². The first-order chi connectivity index (χ1) is 11.0. The molecule has 0 unspecified atom stereocenters. The number of carboxylic acid groups (broad SMARTS) is 1. The van der Waals surface area contributed by atoms with Crippen LogP contribution in [-0.4, -0.2) is 41.1 Å². The summed E-state index contributed by atoms with van der Waals surface area (Å²) in [4.78, 5) is 25.1. The zero-order chi connectivity index (χ0) is 16.8. The first-order valence-corrected chi connectivity index (χ1v) is 8.20. The number of carbonyl (C=O) groups excluding carboxylic acids is 1. The van der Waals surface area contributed by atoms with Crippen LogP contribution < -0.4 is 4.74 Å². The molecule has 0 radical (unpaired) electrons. The predicted octanol–water partition coefficient (Wildman–Crippen LogP) is 2.73. The number of carboxylic acids is 1. The summed E-state index contributed by atoms with van der Waals surface area (Å²) in [5.74, 6) is 0.276. The second-order valence-corrected chi connectivity index (χ2v) is 6.37. The Labute approximate surface area is 137 Å². The molecule has 0 aromatic heterocycles. The van der Waals surface area contributed by atoms with E-state index in [1.165, 1.54) is 0 Å². The molecule has 1 amide bonds. The molecule has 23 heavy (non-hydrogen) atoms. The second kappa shape index (κ2) is 7.99. The van der Waals surface area contributed by atoms with Crippen LogP contribution in [0.2, 0.25) is 0 Å². The largest absolute Gasteiger partial charge is 0.491 e. The Hall–Kier alpha value is -2.04. The predicted molar refractivity (Wildman–Crippen MR) is 87.5 cm³/mol. The average molecular weight is 319 g/mol. The van der Waals surface area contributed by atoms with Crippen molar-refractivity contribution >= 4 is 11.9 Å². The third-order valence-electron chi connectivity index (χ3n) is 4.11. The van der Waals surface area contributed by atoms with Gasteiger partial charge in [-0.1, -0.05) is 18.2 Å². The van der Waals surface area contributed by atoms with Gasteiger partial charge in [-0.25, -0.2) is 0 Å². The lowest BCUT2D eigenvalue weighted by atomic mass is 9.93. The summed E-state index contributed by atoms with van der Waals surface area (Å²) in [7, 11) is 0. The number of ether oxygens (including phenoxy) is 1. The molecular formula is C18H25NO4. The summed E-state index contributed by atoms with van der Waals surface area (Å²) in [5, 5.41) is 8.84. The van der Waals surface area contributed by atoms with Crippen molar-refractivity contribution in [2.75, 3.05) is 13.1 Å². The van der Waals surface area contributed by atoms with Gasteiger partial charge >= 0.3 is 5.97 Å². The van der Waals surface area contributed by atoms with Crippen LogP contribution in [0.25, 0.3) is 0 Å². The third-order valence-corrected chi connectivity index (χ3v) is 4.11. The molecular weight excluding hydrogens is 294 g/mol. The maximum Gasteiger partial charge on any atom is 0.303 e. The zero-order valence-corrected chi connectivity index (χ0v) is 13.8. The van der Waals surface area contributed by atoms with Gasteiger partial charge in [-0.3, -0.25) is 9.59 Å². The average Bonchev–Trinajstić information content (AvgIpc) is 2.49. The van der Waals surface area contributed by atoms with E-state index in [1.54, 1.807) is 0 Å². The highest BCUT2D eigenvalue weighted by Gasteiger charge is 2.24. The number of likely N-dealkylation sites (tertiary alicyclic amines) is 1. The zero-order valence-electron chi connectivity index (χ0n) is 13.8. The quantitative estimate of drug-likeness (QED) is 0.875. The molecule has 0 bridgehead atoms. The molecule has 5 heteroatoms. The minimum absolute atomic E-state index is 0.0676. The molecule has 0 saturated carbocycles. The van der Waals surface area contributed by atoms with Crippen LogP contribution in [0.15, 0.2) is 24.3 Å². The van der Waals surface area contributed by atoms with Crippen molar-refractivity contribution in [2.45, 2.75) is 45.6 Å². The number of hydrogen-bond acceptors (Lipinski definition) is 3. The van der Waals surface area contributed by atoms with E-state index >= 15 is 0 Å². The summed E-state index contributed by atoms with van der Waals surface area (Å²) in [6.45, 7) is 5.21. The van der Waals surface area contributed by atoms with Gasteiger partial charge in [0, 0.05) is 25.1 Å². The van der Waals surface area contributed by atoms with Gasteiger partial charge < -0.3 is 14.7 Å². The fourth-order valence-electron chi connectivity index (χ4n) is 2.93. The summed E-state index contributed by atoms with van der Waals surface area (Å²) >= 11 is 0. The van der Waals surface area contributed by atoms with Crippen molar-refractivity contribution in [3.63, 3.8) is 0 Å². The Kier molecular flexibility index (Phi) is 6.02. The maximum absolute atomic E-state index is 12.5. The maximum atomic E-state index is 12.5. The molecule has 1 fully saturated rings. The minimum atomic E-state index is -0.755. The van der Waals surface area contributed by atoms with Gasteiger partial charge in [0.05, 0.1) is 12.5 Å². The molecule has 1 aromatic carbocycles. The molecule has 0 atom stereocenters. The number of hydrogen-bond donors (Lipinski definition) is 1. The Balaban J connectivity index is 1.92. The Bertz CT molecular complexity index is 548. The van der Waals surface area contributed by atoms with Crippen LogP contribution >= 0.6 is 0 Å². The fourth-order valence-corrected chi connectivity index (χ4v) is 2.93. The van der Waals surface area contributed by atoms with E-state index in [9.17, 15) is 9.59 Å². The Morgan fingerprint density at radius 3 is 2.52 bits per heavy atom. The van der Waals surface area contributed by atoms with Gasteiger partial charge in [0.2, 0.25) is 5.91 Å². The molecule has 1 aromatic rings. The van der Waals surface area contributed by atoms with Gasteiger partial charge in [0.25, 0.3) is 0 Å². The monoisotopic (exact) mass is 319 g/mol. The molecule has 126 valence electrons. The van der Waals surface area contributed by atoms with Crippen molar-refractivity contribution < 1.29 is 19.4 Å². The number of para-hydroxylation sites is 1. The Morgan fingerprint density at radius 2 is 1.91 bits per heavy atom. The number of aliphatic carboxylic acids is 1. The van der Waals surface area contributed by atoms with Crippen molar-refractivity contribution in [2.24, 2.45) is 5.92 Å². The highest BCUT2D eigenvalue weighted by molar-refractivity contribution is 5.79. The van der Waals surface area contributed by atoms with Crippen LogP contribution in [0.5, 0.6) is 5.75 Å². The number of benzene rings is 1. The summed E-state index contributed by atoms with van der Waals surface area (Å²) in [6, 6.07) is 7.63. The van der Waals surface area contributed by atoms with Crippen LogP contribution in [0, 0.1) is 5.92 Å². The summed E-state index contributed by atoms with van der Waals surface area (Å²) in [6.07, 6.45) is 2.13. The lowest BCUT2D eigenvalue weighted by Crippen LogP contribution is -2.39. The van der Waals surface area contributed by atoms with E-state index < -0.39 is 5.97 Å². The molecule has 0 spiro atoms. The van der Waals surface area contributed by atoms with E-state index in [4.69, 9.17) is 9.84 Å². The highest BCUT2D eigenvalue weighted by atomic mass is 16.5. The number of carbonyl (C=O) groups is 2. The van der Waals surface area contributed by atoms with E-state index in [0.29, 0.717) is 19.5 Å². The molecule has 1 aliphatic rings. The lowest BCUT2D eigenvalue weighted by Gasteiger charge is -2.31. The van der Waals surface area contributed by atoms with Crippen molar-refractivity contribution in [1.82, 2.24) is 4.90 Å². The van der Waals surface area contributed by atoms with Crippen LogP contribution in [0.4, 0.5) is 0 Å². The fraction of sp³-hybridized carbons (Fsp3) is 0.556. The lowest BCUT2D eigenvalue weighted by molar-refractivity contribution is -0.138. The molecule has 1 heterocycles. The smallest absolute Gasteiger partial charge is 0.303 e. The number of nitrogens with zero attached hydrogens (tertiary/aromatic N) is 1. The van der Waals surface area contributed by atoms with Crippen molar-refractivity contribution in [3.8, 4) is 5.75 Å². The topological polar surface area (TPSA) is 66.8 Å². The number of piperidine rings is 1. The first-order valence-electron chi connectivity index (χ1n) is 8.20. The molecule has 5 nitrogen and oxygen atoms in total. The van der Waals surface area contributed by atoms with E-state index in [0.717, 1.165) is 24.2 Å². The van der Waals surface area contributed by atoms with Gasteiger partial charge in [-0.2, -0.15) is 0 Å². The number of amides is 1. The Morgan fingerprint density at radius 1 is 1.26 bits per heavy atom. The highest BCUT2D eigenvalue weighted by Crippen LogP contribution is 2.23. The SMILES string of the molecule is CC(C)Oc1ccccc1CC(=O)N1CCC(CC(=O)O)CC1. The van der Waals surface area contributed by atoms with Gasteiger partial charge in [-0.15, -0.1) is 0 Å². The second-order valence-electron chi connectivity index (χ2n) is 6.37. The normalized spacial score (nSPS) is 15.7. The summed E-state index contributed by atoms with van der Waals surface area (Å²) < 4.78 is 5.76. The van der Waals surface area contributed by atoms with Crippen LogP contribution in [0.1, 0.15) is 38.7 Å². The molecule has 1 N–H and O–H groups in total. The van der Waals surface area contributed by atoms with Crippen molar-refractivity contribution in [1.29, 1.82) is 0 Å². The summed E-state index contributed by atoms with van der Waals surface area (Å²) in [5.41, 5.74) is 0.902.